The highest BCUT2D eigenvalue weighted by atomic mass is 15.2. The number of aromatic nitrogens is 5. The van der Waals surface area contributed by atoms with Gasteiger partial charge in [0, 0.05) is 38.4 Å². The van der Waals surface area contributed by atoms with Gasteiger partial charge in [-0.25, -0.2) is 4.98 Å². The van der Waals surface area contributed by atoms with Gasteiger partial charge in [0.1, 0.15) is 0 Å². The Labute approximate surface area is 288 Å². The molecule has 234 valence electrons. The van der Waals surface area contributed by atoms with Crippen LogP contribution in [0.1, 0.15) is 0 Å². The molecule has 0 fully saturated rings. The first-order chi connectivity index (χ1) is 24.8. The molecule has 0 aliphatic rings. The van der Waals surface area contributed by atoms with Gasteiger partial charge in [0.15, 0.2) is 11.6 Å². The predicted molar refractivity (Wildman–Crippen MR) is 205 cm³/mol. The van der Waals surface area contributed by atoms with E-state index in [0.29, 0.717) is 17.6 Å². The maximum absolute atomic E-state index is 5.16. The second kappa shape index (κ2) is 11.4. The lowest BCUT2D eigenvalue weighted by atomic mass is 10.0. The van der Waals surface area contributed by atoms with Crippen molar-refractivity contribution in [2.24, 2.45) is 0 Å². The van der Waals surface area contributed by atoms with Crippen LogP contribution in [-0.4, -0.2) is 24.1 Å². The lowest BCUT2D eigenvalue weighted by Crippen LogP contribution is -2.06. The maximum Gasteiger partial charge on any atom is 0.238 e. The fourth-order valence-corrected chi connectivity index (χ4v) is 7.27. The van der Waals surface area contributed by atoms with E-state index in [1.807, 2.05) is 36.4 Å². The molecule has 0 bridgehead atoms. The van der Waals surface area contributed by atoms with Gasteiger partial charge < -0.3 is 4.57 Å². The van der Waals surface area contributed by atoms with Crippen molar-refractivity contribution in [3.05, 3.63) is 176 Å². The molecule has 0 atom stereocenters. The van der Waals surface area contributed by atoms with E-state index < -0.39 is 0 Å². The zero-order valence-corrected chi connectivity index (χ0v) is 27.0. The number of hydrogen-bond donors (Lipinski definition) is 0. The van der Waals surface area contributed by atoms with Crippen LogP contribution in [0, 0.1) is 0 Å². The normalized spacial score (nSPS) is 11.6. The van der Waals surface area contributed by atoms with E-state index in [1.165, 1.54) is 27.4 Å². The maximum atomic E-state index is 5.16. The van der Waals surface area contributed by atoms with Crippen molar-refractivity contribution in [2.45, 2.75) is 0 Å². The summed E-state index contributed by atoms with van der Waals surface area (Å²) in [6, 6.07) is 61.5. The molecule has 0 saturated carbocycles. The van der Waals surface area contributed by atoms with Gasteiger partial charge in [-0.1, -0.05) is 140 Å². The van der Waals surface area contributed by atoms with Crippen LogP contribution in [0.4, 0.5) is 0 Å². The molecule has 3 aromatic heterocycles. The highest BCUT2D eigenvalue weighted by Gasteiger charge is 2.19. The Morgan fingerprint density at radius 1 is 0.300 bits per heavy atom. The fourth-order valence-electron chi connectivity index (χ4n) is 7.27. The number of benzene rings is 7. The number of hydrogen-bond acceptors (Lipinski definition) is 3. The standard InChI is InChI=1S/C45H29N5/c1-3-13-30(14-4-1)31-23-25-33(26-24-31)44-46-43(32-15-5-2-6-16-32)47-45(48-44)50-41-22-12-9-19-37(41)38-29-34(27-28-42(38)50)49-39-20-10-7-17-35(39)36-18-8-11-21-40(36)49/h1-29H. The predicted octanol–water partition coefficient (Wildman–Crippen LogP) is 11.1. The molecule has 0 radical (unpaired) electrons. The minimum absolute atomic E-state index is 0.580. The first kappa shape index (κ1) is 28.2. The third kappa shape index (κ3) is 4.52. The molecule has 7 aromatic carbocycles. The van der Waals surface area contributed by atoms with Gasteiger partial charge in [0.05, 0.1) is 22.1 Å². The molecule has 0 amide bonds. The Bertz CT molecular complexity index is 2800. The molecule has 0 unspecified atom stereocenters. The van der Waals surface area contributed by atoms with Gasteiger partial charge in [-0.15, -0.1) is 0 Å². The van der Waals surface area contributed by atoms with Gasteiger partial charge in [0.25, 0.3) is 0 Å². The second-order valence-electron chi connectivity index (χ2n) is 12.5. The average Bonchev–Trinajstić information content (AvgIpc) is 3.71. The third-order valence-electron chi connectivity index (χ3n) is 9.60. The van der Waals surface area contributed by atoms with E-state index in [-0.39, 0.29) is 0 Å². The zero-order valence-electron chi connectivity index (χ0n) is 27.0. The van der Waals surface area contributed by atoms with E-state index in [4.69, 9.17) is 15.0 Å². The Kier molecular flexibility index (Phi) is 6.42. The Morgan fingerprint density at radius 3 is 1.32 bits per heavy atom. The van der Waals surface area contributed by atoms with Crippen LogP contribution in [0.25, 0.3) is 89.2 Å². The van der Waals surface area contributed by atoms with Gasteiger partial charge in [-0.3, -0.25) is 4.57 Å². The molecule has 0 aliphatic carbocycles. The topological polar surface area (TPSA) is 48.5 Å². The van der Waals surface area contributed by atoms with Crippen LogP contribution in [0.5, 0.6) is 0 Å². The summed E-state index contributed by atoms with van der Waals surface area (Å²) < 4.78 is 4.54. The van der Waals surface area contributed by atoms with E-state index >= 15 is 0 Å². The van der Waals surface area contributed by atoms with E-state index in [1.54, 1.807) is 0 Å². The fraction of sp³-hybridized carbons (Fsp3) is 0. The van der Waals surface area contributed by atoms with Crippen molar-refractivity contribution in [2.75, 3.05) is 0 Å². The van der Waals surface area contributed by atoms with Crippen LogP contribution in [-0.2, 0) is 0 Å². The molecule has 5 nitrogen and oxygen atoms in total. The van der Waals surface area contributed by atoms with Gasteiger partial charge >= 0.3 is 0 Å². The molecule has 5 heteroatoms. The van der Waals surface area contributed by atoms with Crippen LogP contribution in [0.3, 0.4) is 0 Å². The lowest BCUT2D eigenvalue weighted by Gasteiger charge is -2.12. The van der Waals surface area contributed by atoms with Crippen LogP contribution < -0.4 is 0 Å². The Balaban J connectivity index is 1.19. The van der Waals surface area contributed by atoms with Crippen molar-refractivity contribution in [3.8, 4) is 45.5 Å². The molecule has 0 saturated heterocycles. The monoisotopic (exact) mass is 639 g/mol. The summed E-state index contributed by atoms with van der Waals surface area (Å²) in [6.07, 6.45) is 0. The zero-order chi connectivity index (χ0) is 33.0. The van der Waals surface area contributed by atoms with E-state index in [2.05, 4.69) is 149 Å². The number of fused-ring (bicyclic) bond motifs is 6. The highest BCUT2D eigenvalue weighted by molar-refractivity contribution is 6.12. The summed E-state index contributed by atoms with van der Waals surface area (Å²) >= 11 is 0. The average molecular weight is 640 g/mol. The Morgan fingerprint density at radius 2 is 0.720 bits per heavy atom. The van der Waals surface area contributed by atoms with Crippen LogP contribution >= 0.6 is 0 Å². The highest BCUT2D eigenvalue weighted by Crippen LogP contribution is 2.37. The summed E-state index contributed by atoms with van der Waals surface area (Å²) in [5.41, 5.74) is 9.74. The van der Waals surface area contributed by atoms with Gasteiger partial charge in [-0.05, 0) is 47.5 Å². The molecule has 10 rings (SSSR count). The first-order valence-electron chi connectivity index (χ1n) is 16.8. The molecular weight excluding hydrogens is 611 g/mol. The van der Waals surface area contributed by atoms with Crippen LogP contribution in [0.2, 0.25) is 0 Å². The SMILES string of the molecule is c1ccc(-c2ccc(-c3nc(-c4ccccc4)nc(-n4c5ccccc5c5cc(-n6c7ccccc7c7ccccc76)ccc54)n3)cc2)cc1. The summed E-state index contributed by atoms with van der Waals surface area (Å²) in [6.45, 7) is 0. The quantitative estimate of drug-likeness (QED) is 0.188. The molecule has 10 aromatic rings. The van der Waals surface area contributed by atoms with Crippen molar-refractivity contribution in [1.29, 1.82) is 0 Å². The van der Waals surface area contributed by atoms with Gasteiger partial charge in [-0.2, -0.15) is 9.97 Å². The first-order valence-corrected chi connectivity index (χ1v) is 16.8. The smallest absolute Gasteiger partial charge is 0.238 e. The van der Waals surface area contributed by atoms with Crippen molar-refractivity contribution in [3.63, 3.8) is 0 Å². The molecule has 0 spiro atoms. The minimum atomic E-state index is 0.580. The largest absolute Gasteiger partial charge is 0.309 e. The third-order valence-corrected chi connectivity index (χ3v) is 9.60. The van der Waals surface area contributed by atoms with Crippen molar-refractivity contribution < 1.29 is 0 Å². The van der Waals surface area contributed by atoms with Gasteiger partial charge in [0.2, 0.25) is 5.95 Å². The summed E-state index contributed by atoms with van der Waals surface area (Å²) in [5.74, 6) is 1.84. The summed E-state index contributed by atoms with van der Waals surface area (Å²) in [5, 5.41) is 4.76. The molecule has 3 heterocycles. The summed E-state index contributed by atoms with van der Waals surface area (Å²) in [7, 11) is 0. The molecule has 50 heavy (non-hydrogen) atoms. The van der Waals surface area contributed by atoms with E-state index in [9.17, 15) is 0 Å². The minimum Gasteiger partial charge on any atom is -0.309 e. The number of para-hydroxylation sites is 3. The summed E-state index contributed by atoms with van der Waals surface area (Å²) in [4.78, 5) is 15.3. The van der Waals surface area contributed by atoms with E-state index in [0.717, 1.165) is 44.2 Å². The number of rotatable bonds is 5. The molecule has 0 N–H and O–H groups in total. The van der Waals surface area contributed by atoms with Crippen molar-refractivity contribution >= 4 is 43.6 Å². The van der Waals surface area contributed by atoms with Crippen LogP contribution in [0.15, 0.2) is 176 Å². The lowest BCUT2D eigenvalue weighted by molar-refractivity contribution is 0.953. The molecular formula is C45H29N5. The Hall–Kier alpha value is -6.85. The second-order valence-corrected chi connectivity index (χ2v) is 12.5. The molecule has 0 aliphatic heterocycles. The number of nitrogens with zero attached hydrogens (tertiary/aromatic N) is 5. The van der Waals surface area contributed by atoms with Crippen molar-refractivity contribution in [1.82, 2.24) is 24.1 Å².